The molecule has 6 nitrogen and oxygen atoms in total. The molecule has 1 heterocycles. The summed E-state index contributed by atoms with van der Waals surface area (Å²) < 4.78 is 5.31. The zero-order valence-corrected chi connectivity index (χ0v) is 17.4. The van der Waals surface area contributed by atoms with Crippen LogP contribution in [0.1, 0.15) is 17.2 Å². The number of halogens is 1. The van der Waals surface area contributed by atoms with Gasteiger partial charge in [0.2, 0.25) is 0 Å². The minimum atomic E-state index is -0.695. The van der Waals surface area contributed by atoms with E-state index in [1.807, 2.05) is 20.2 Å². The topological polar surface area (TPSA) is 71.3 Å². The molecule has 152 valence electrons. The molecule has 1 fully saturated rings. The summed E-state index contributed by atoms with van der Waals surface area (Å²) in [7, 11) is 5.51. The van der Waals surface area contributed by atoms with Crippen molar-refractivity contribution in [3.05, 3.63) is 70.3 Å². The molecule has 29 heavy (non-hydrogen) atoms. The molecule has 1 atom stereocenters. The number of likely N-dealkylation sites (N-methyl/N-ethyl adjacent to an activating group) is 1. The van der Waals surface area contributed by atoms with Crippen molar-refractivity contribution in [1.29, 1.82) is 0 Å². The lowest BCUT2D eigenvalue weighted by atomic mass is 9.95. The molecule has 2 N–H and O–H groups in total. The first-order valence-corrected chi connectivity index (χ1v) is 9.68. The second-order valence-electron chi connectivity index (χ2n) is 7.23. The Morgan fingerprint density at radius 3 is 2.48 bits per heavy atom. The van der Waals surface area contributed by atoms with Crippen LogP contribution in [0.5, 0.6) is 5.75 Å². The van der Waals surface area contributed by atoms with Crippen LogP contribution in [0.2, 0.25) is 5.02 Å². The van der Waals surface area contributed by atoms with Crippen LogP contribution in [0.4, 0.5) is 0 Å². The van der Waals surface area contributed by atoms with Gasteiger partial charge >= 0.3 is 0 Å². The Labute approximate surface area is 174 Å². The zero-order chi connectivity index (χ0) is 21.1. The van der Waals surface area contributed by atoms with Crippen molar-refractivity contribution in [1.82, 2.24) is 4.90 Å². The van der Waals surface area contributed by atoms with Gasteiger partial charge < -0.3 is 19.6 Å². The van der Waals surface area contributed by atoms with Crippen molar-refractivity contribution in [2.45, 2.75) is 6.04 Å². The van der Waals surface area contributed by atoms with Crippen LogP contribution in [-0.4, -0.2) is 56.0 Å². The summed E-state index contributed by atoms with van der Waals surface area (Å²) in [6, 6.07) is 13.0. The van der Waals surface area contributed by atoms with Gasteiger partial charge in [0, 0.05) is 10.6 Å². The first kappa shape index (κ1) is 20.9. The fraction of sp³-hybridized carbons (Fsp3) is 0.273. The lowest BCUT2D eigenvalue weighted by Gasteiger charge is -2.26. The van der Waals surface area contributed by atoms with Crippen LogP contribution < -0.4 is 9.64 Å². The number of likely N-dealkylation sites (tertiary alicyclic amines) is 1. The van der Waals surface area contributed by atoms with Gasteiger partial charge in [-0.2, -0.15) is 0 Å². The molecule has 0 saturated carbocycles. The van der Waals surface area contributed by atoms with E-state index in [0.29, 0.717) is 35.0 Å². The van der Waals surface area contributed by atoms with Gasteiger partial charge in [-0.3, -0.25) is 9.59 Å². The predicted molar refractivity (Wildman–Crippen MR) is 111 cm³/mol. The smallest absolute Gasteiger partial charge is 0.295 e. The van der Waals surface area contributed by atoms with Crippen LogP contribution in [0.15, 0.2) is 54.1 Å². The summed E-state index contributed by atoms with van der Waals surface area (Å²) in [5.74, 6) is -0.918. The molecule has 1 amide bonds. The molecule has 2 aromatic carbocycles. The van der Waals surface area contributed by atoms with Crippen LogP contribution in [0.25, 0.3) is 5.76 Å². The standard InChI is InChI=1S/C22H23ClN2O4/c1-24(2)11-12-25-19(15-5-4-6-17(13-15)29-3)18(21(27)22(25)28)20(26)14-7-9-16(23)10-8-14/h4-10,13,19,26H,11-12H2,1-3H3/p+1/t19-/m0/s1. The Kier molecular flexibility index (Phi) is 6.25. The third-order valence-electron chi connectivity index (χ3n) is 4.92. The van der Waals surface area contributed by atoms with Crippen LogP contribution >= 0.6 is 11.6 Å². The van der Waals surface area contributed by atoms with E-state index in [0.717, 1.165) is 4.90 Å². The van der Waals surface area contributed by atoms with E-state index < -0.39 is 17.7 Å². The van der Waals surface area contributed by atoms with Gasteiger partial charge in [0.1, 0.15) is 11.5 Å². The van der Waals surface area contributed by atoms with Crippen molar-refractivity contribution >= 4 is 29.1 Å². The van der Waals surface area contributed by atoms with Crippen LogP contribution in [0, 0.1) is 0 Å². The molecular formula is C22H24ClN2O4+. The molecule has 0 unspecified atom stereocenters. The molecular weight excluding hydrogens is 392 g/mol. The highest BCUT2D eigenvalue weighted by atomic mass is 35.5. The molecule has 0 spiro atoms. The van der Waals surface area contributed by atoms with E-state index in [1.165, 1.54) is 4.90 Å². The molecule has 0 aliphatic carbocycles. The second kappa shape index (κ2) is 8.68. The van der Waals surface area contributed by atoms with Crippen molar-refractivity contribution in [2.75, 3.05) is 34.3 Å². The monoisotopic (exact) mass is 415 g/mol. The van der Waals surface area contributed by atoms with Crippen molar-refractivity contribution in [3.63, 3.8) is 0 Å². The number of hydrogen-bond donors (Lipinski definition) is 2. The highest BCUT2D eigenvalue weighted by Crippen LogP contribution is 2.40. The zero-order valence-electron chi connectivity index (χ0n) is 16.6. The molecule has 7 heteroatoms. The van der Waals surface area contributed by atoms with E-state index >= 15 is 0 Å². The molecule has 1 aliphatic heterocycles. The van der Waals surface area contributed by atoms with E-state index in [-0.39, 0.29) is 11.3 Å². The van der Waals surface area contributed by atoms with Crippen molar-refractivity contribution < 1.29 is 24.3 Å². The lowest BCUT2D eigenvalue weighted by Crippen LogP contribution is -3.06. The number of rotatable bonds is 6. The van der Waals surface area contributed by atoms with Gasteiger partial charge in [-0.25, -0.2) is 0 Å². The number of carbonyl (C=O) groups is 2. The maximum Gasteiger partial charge on any atom is 0.295 e. The predicted octanol–water partition coefficient (Wildman–Crippen LogP) is 1.91. The molecule has 1 saturated heterocycles. The molecule has 0 radical (unpaired) electrons. The normalized spacial score (nSPS) is 18.5. The molecule has 0 aromatic heterocycles. The third kappa shape index (κ3) is 4.28. The van der Waals surface area contributed by atoms with Crippen LogP contribution in [0.3, 0.4) is 0 Å². The van der Waals surface area contributed by atoms with Gasteiger partial charge in [-0.1, -0.05) is 23.7 Å². The first-order chi connectivity index (χ1) is 13.8. The van der Waals surface area contributed by atoms with Gasteiger partial charge in [0.25, 0.3) is 11.7 Å². The Balaban J connectivity index is 2.15. The fourth-order valence-corrected chi connectivity index (χ4v) is 3.50. The number of quaternary nitrogens is 1. The van der Waals surface area contributed by atoms with Gasteiger partial charge in [0.15, 0.2) is 0 Å². The van der Waals surface area contributed by atoms with E-state index in [1.54, 1.807) is 49.6 Å². The van der Waals surface area contributed by atoms with Crippen LogP contribution in [-0.2, 0) is 9.59 Å². The quantitative estimate of drug-likeness (QED) is 0.429. The maximum absolute atomic E-state index is 12.9. The van der Waals surface area contributed by atoms with Crippen molar-refractivity contribution in [3.8, 4) is 5.75 Å². The van der Waals surface area contributed by atoms with Gasteiger partial charge in [0.05, 0.1) is 45.9 Å². The number of nitrogens with zero attached hydrogens (tertiary/aromatic N) is 1. The SMILES string of the molecule is COc1cccc([C@H]2C(=C(O)c3ccc(Cl)cc3)C(=O)C(=O)N2CC[NH+](C)C)c1. The van der Waals surface area contributed by atoms with Crippen molar-refractivity contribution in [2.24, 2.45) is 0 Å². The number of Topliss-reactive ketones (excluding diaryl/α,β-unsaturated/α-hetero) is 1. The first-order valence-electron chi connectivity index (χ1n) is 9.30. The average molecular weight is 416 g/mol. The summed E-state index contributed by atoms with van der Waals surface area (Å²) in [4.78, 5) is 28.4. The summed E-state index contributed by atoms with van der Waals surface area (Å²) in [6.07, 6.45) is 0. The Morgan fingerprint density at radius 1 is 1.17 bits per heavy atom. The summed E-state index contributed by atoms with van der Waals surface area (Å²) >= 11 is 5.94. The van der Waals surface area contributed by atoms with E-state index in [2.05, 4.69) is 0 Å². The molecule has 0 bridgehead atoms. The minimum Gasteiger partial charge on any atom is -0.507 e. The number of amides is 1. The molecule has 2 aromatic rings. The largest absolute Gasteiger partial charge is 0.507 e. The number of aliphatic hydroxyl groups excluding tert-OH is 1. The Bertz CT molecular complexity index is 954. The number of methoxy groups -OCH3 is 1. The number of benzene rings is 2. The maximum atomic E-state index is 12.9. The second-order valence-corrected chi connectivity index (χ2v) is 7.67. The highest BCUT2D eigenvalue weighted by Gasteiger charge is 2.46. The lowest BCUT2D eigenvalue weighted by molar-refractivity contribution is -0.857. The van der Waals surface area contributed by atoms with Gasteiger partial charge in [-0.05, 0) is 42.0 Å². The minimum absolute atomic E-state index is 0.0688. The van der Waals surface area contributed by atoms with E-state index in [4.69, 9.17) is 16.3 Å². The Hall–Kier alpha value is -2.83. The number of nitrogens with one attached hydrogen (secondary N) is 1. The number of ether oxygens (including phenoxy) is 1. The summed E-state index contributed by atoms with van der Waals surface area (Å²) in [5.41, 5.74) is 1.20. The third-order valence-corrected chi connectivity index (χ3v) is 5.17. The number of ketones is 1. The Morgan fingerprint density at radius 2 is 1.86 bits per heavy atom. The van der Waals surface area contributed by atoms with E-state index in [9.17, 15) is 14.7 Å². The number of carbonyl (C=O) groups excluding carboxylic acids is 2. The molecule has 1 aliphatic rings. The molecule has 3 rings (SSSR count). The average Bonchev–Trinajstić information content (AvgIpc) is 2.97. The number of hydrogen-bond acceptors (Lipinski definition) is 4. The summed E-state index contributed by atoms with van der Waals surface area (Å²) in [5, 5.41) is 11.5. The van der Waals surface area contributed by atoms with Gasteiger partial charge in [-0.15, -0.1) is 0 Å². The highest BCUT2D eigenvalue weighted by molar-refractivity contribution is 6.46. The summed E-state index contributed by atoms with van der Waals surface area (Å²) in [6.45, 7) is 1.04. The number of aliphatic hydroxyl groups is 1. The fourth-order valence-electron chi connectivity index (χ4n) is 3.38.